The van der Waals surface area contributed by atoms with Crippen molar-refractivity contribution in [3.8, 4) is 0 Å². The highest BCUT2D eigenvalue weighted by Gasteiger charge is 2.00. The molecule has 1 aromatic heterocycles. The summed E-state index contributed by atoms with van der Waals surface area (Å²) in [4.78, 5) is 25.3. The molecule has 1 heterocycles. The van der Waals surface area contributed by atoms with Crippen LogP contribution in [0.25, 0.3) is 0 Å². The molecule has 0 fully saturated rings. The molecule has 0 atom stereocenters. The molecule has 0 radical (unpaired) electrons. The van der Waals surface area contributed by atoms with Crippen LogP contribution in [0.5, 0.6) is 0 Å². The first kappa shape index (κ1) is 16.3. The first-order valence-corrected chi connectivity index (χ1v) is 5.80. The lowest BCUT2D eigenvalue weighted by molar-refractivity contribution is 0.275. The number of hydrogen-bond donors (Lipinski definition) is 3. The molecule has 3 N–H and O–H groups in total. The standard InChI is InChI=1S/C5H5N.CH2Cl2.H3O4P/c1-2-4-6-5-3-1;2-1-3;1-5(2,3)4/h1-5H;1H2;(H3,1,2,3,4). The van der Waals surface area contributed by atoms with Gasteiger partial charge in [0.1, 0.15) is 0 Å². The van der Waals surface area contributed by atoms with Crippen molar-refractivity contribution in [2.45, 2.75) is 0 Å². The van der Waals surface area contributed by atoms with E-state index in [9.17, 15) is 0 Å². The van der Waals surface area contributed by atoms with E-state index in [2.05, 4.69) is 4.98 Å². The van der Waals surface area contributed by atoms with Crippen molar-refractivity contribution in [2.24, 2.45) is 0 Å². The molecule has 0 bridgehead atoms. The maximum absolute atomic E-state index is 8.88. The molecule has 0 saturated carbocycles. The van der Waals surface area contributed by atoms with Crippen molar-refractivity contribution in [3.05, 3.63) is 30.6 Å². The zero-order valence-electron chi connectivity index (χ0n) is 6.99. The van der Waals surface area contributed by atoms with Gasteiger partial charge in [0, 0.05) is 12.4 Å². The van der Waals surface area contributed by atoms with E-state index in [1.54, 1.807) is 12.4 Å². The number of aromatic nitrogens is 1. The van der Waals surface area contributed by atoms with Crippen LogP contribution in [-0.2, 0) is 4.57 Å². The van der Waals surface area contributed by atoms with Gasteiger partial charge in [0.15, 0.2) is 0 Å². The smallest absolute Gasteiger partial charge is 0.303 e. The van der Waals surface area contributed by atoms with Gasteiger partial charge >= 0.3 is 7.82 Å². The van der Waals surface area contributed by atoms with Crippen molar-refractivity contribution >= 4 is 31.0 Å². The first-order valence-electron chi connectivity index (χ1n) is 3.17. The number of halogens is 2. The molecule has 0 aliphatic rings. The summed E-state index contributed by atoms with van der Waals surface area (Å²) in [6.07, 6.45) is 3.50. The van der Waals surface area contributed by atoms with Gasteiger partial charge in [0.05, 0.1) is 5.34 Å². The molecule has 0 saturated heterocycles. The summed E-state index contributed by atoms with van der Waals surface area (Å²) in [5, 5.41) is 0.194. The summed E-state index contributed by atoms with van der Waals surface area (Å²) < 4.78 is 8.88. The minimum Gasteiger partial charge on any atom is -0.303 e. The Morgan fingerprint density at radius 1 is 1.07 bits per heavy atom. The van der Waals surface area contributed by atoms with Crippen molar-refractivity contribution in [2.75, 3.05) is 5.34 Å². The van der Waals surface area contributed by atoms with Gasteiger partial charge in [-0.1, -0.05) is 6.07 Å². The molecule has 1 rings (SSSR count). The van der Waals surface area contributed by atoms with E-state index in [1.165, 1.54) is 0 Å². The van der Waals surface area contributed by atoms with Crippen molar-refractivity contribution in [1.29, 1.82) is 0 Å². The Kier molecular flexibility index (Phi) is 12.7. The second-order valence-corrected chi connectivity index (χ2v) is 3.47. The minimum atomic E-state index is -4.64. The highest BCUT2D eigenvalue weighted by Crippen LogP contribution is 2.25. The third-order valence-electron chi connectivity index (χ3n) is 0.566. The van der Waals surface area contributed by atoms with Crippen LogP contribution in [0, 0.1) is 0 Å². The minimum absolute atomic E-state index is 0.194. The number of nitrogens with zero attached hydrogens (tertiary/aromatic N) is 1. The predicted octanol–water partition coefficient (Wildman–Crippen LogP) is 1.57. The van der Waals surface area contributed by atoms with Gasteiger partial charge in [0.25, 0.3) is 0 Å². The number of pyridine rings is 1. The van der Waals surface area contributed by atoms with Gasteiger partial charge in [-0.05, 0) is 12.1 Å². The quantitative estimate of drug-likeness (QED) is 0.487. The third-order valence-corrected chi connectivity index (χ3v) is 0.566. The lowest BCUT2D eigenvalue weighted by Gasteiger charge is -1.82. The van der Waals surface area contributed by atoms with Crippen LogP contribution in [0.2, 0.25) is 0 Å². The summed E-state index contributed by atoms with van der Waals surface area (Å²) in [5.41, 5.74) is 0. The van der Waals surface area contributed by atoms with Gasteiger partial charge in [-0.2, -0.15) is 0 Å². The highest BCUT2D eigenvalue weighted by atomic mass is 35.5. The van der Waals surface area contributed by atoms with Crippen molar-refractivity contribution < 1.29 is 19.2 Å². The Balaban J connectivity index is 0. The molecule has 82 valence electrons. The van der Waals surface area contributed by atoms with Gasteiger partial charge in [-0.25, -0.2) is 4.57 Å². The molecule has 0 aliphatic carbocycles. The number of phosphoric acid groups is 1. The van der Waals surface area contributed by atoms with E-state index in [0.29, 0.717) is 0 Å². The third kappa shape index (κ3) is 40.8. The fourth-order valence-electron chi connectivity index (χ4n) is 0.313. The maximum Gasteiger partial charge on any atom is 0.466 e. The predicted molar refractivity (Wildman–Crippen MR) is 55.1 cm³/mol. The van der Waals surface area contributed by atoms with Crippen LogP contribution in [0.3, 0.4) is 0 Å². The second kappa shape index (κ2) is 10.9. The molecule has 0 aliphatic heterocycles. The Morgan fingerprint density at radius 3 is 1.43 bits per heavy atom. The second-order valence-electron chi connectivity index (χ2n) is 1.64. The molecule has 14 heavy (non-hydrogen) atoms. The SMILES string of the molecule is ClCCl.O=P(O)(O)O.c1ccncc1. The summed E-state index contributed by atoms with van der Waals surface area (Å²) >= 11 is 9.53. The fraction of sp³-hybridized carbons (Fsp3) is 0.167. The summed E-state index contributed by atoms with van der Waals surface area (Å²) in [6.45, 7) is 0. The largest absolute Gasteiger partial charge is 0.466 e. The Bertz CT molecular complexity index is 208. The van der Waals surface area contributed by atoms with E-state index in [4.69, 9.17) is 42.4 Å². The summed E-state index contributed by atoms with van der Waals surface area (Å²) in [5.74, 6) is 0. The zero-order chi connectivity index (χ0) is 11.4. The van der Waals surface area contributed by atoms with E-state index < -0.39 is 7.82 Å². The van der Waals surface area contributed by atoms with Crippen molar-refractivity contribution in [3.63, 3.8) is 0 Å². The average Bonchev–Trinajstić information content (AvgIpc) is 2.06. The molecule has 1 aromatic rings. The van der Waals surface area contributed by atoms with Gasteiger partial charge in [-0.15, -0.1) is 23.2 Å². The molecular weight excluding hydrogens is 252 g/mol. The van der Waals surface area contributed by atoms with Crippen LogP contribution >= 0.6 is 31.0 Å². The normalized spacial score (nSPS) is 8.93. The van der Waals surface area contributed by atoms with Gasteiger partial charge in [-0.3, -0.25) is 4.98 Å². The zero-order valence-corrected chi connectivity index (χ0v) is 9.40. The highest BCUT2D eigenvalue weighted by molar-refractivity contribution is 7.45. The average molecular weight is 262 g/mol. The van der Waals surface area contributed by atoms with Crippen LogP contribution in [0.1, 0.15) is 0 Å². The molecule has 0 unspecified atom stereocenters. The van der Waals surface area contributed by atoms with E-state index >= 15 is 0 Å². The summed E-state index contributed by atoms with van der Waals surface area (Å²) in [7, 11) is -4.64. The van der Waals surface area contributed by atoms with Crippen LogP contribution in [-0.4, -0.2) is 25.0 Å². The lowest BCUT2D eigenvalue weighted by atomic mass is 10.5. The monoisotopic (exact) mass is 261 g/mol. The van der Waals surface area contributed by atoms with E-state index in [-0.39, 0.29) is 5.34 Å². The first-order chi connectivity index (χ1) is 6.41. The van der Waals surface area contributed by atoms with Crippen LogP contribution < -0.4 is 0 Å². The Labute approximate surface area is 91.6 Å². The fourth-order valence-corrected chi connectivity index (χ4v) is 0.313. The molecule has 0 amide bonds. The van der Waals surface area contributed by atoms with Gasteiger partial charge in [0.2, 0.25) is 0 Å². The van der Waals surface area contributed by atoms with Crippen LogP contribution in [0.15, 0.2) is 30.6 Å². The van der Waals surface area contributed by atoms with Crippen LogP contribution in [0.4, 0.5) is 0 Å². The Hall–Kier alpha value is -0.160. The Morgan fingerprint density at radius 2 is 1.36 bits per heavy atom. The molecule has 0 spiro atoms. The van der Waals surface area contributed by atoms with Gasteiger partial charge < -0.3 is 14.7 Å². The molecule has 5 nitrogen and oxygen atoms in total. The number of alkyl halides is 2. The number of hydrogen-bond acceptors (Lipinski definition) is 2. The van der Waals surface area contributed by atoms with E-state index in [1.807, 2.05) is 18.2 Å². The molecule has 0 aromatic carbocycles. The van der Waals surface area contributed by atoms with E-state index in [0.717, 1.165) is 0 Å². The molecular formula is C6H10Cl2NO4P. The van der Waals surface area contributed by atoms with Crippen molar-refractivity contribution in [1.82, 2.24) is 4.98 Å². The topological polar surface area (TPSA) is 90.7 Å². The molecule has 8 heteroatoms. The summed E-state index contributed by atoms with van der Waals surface area (Å²) in [6, 6.07) is 5.72. The maximum atomic E-state index is 8.88. The number of rotatable bonds is 0. The lowest BCUT2D eigenvalue weighted by Crippen LogP contribution is -1.66.